The SMILES string of the molecule is COC(C)CCC(N)c1cc2ccccc2o1. The third kappa shape index (κ3) is 2.87. The predicted molar refractivity (Wildman–Crippen MR) is 68.8 cm³/mol. The van der Waals surface area contributed by atoms with Crippen LogP contribution in [0, 0.1) is 0 Å². The van der Waals surface area contributed by atoms with Gasteiger partial charge in [-0.2, -0.15) is 0 Å². The van der Waals surface area contributed by atoms with E-state index in [1.807, 2.05) is 37.3 Å². The maximum Gasteiger partial charge on any atom is 0.134 e. The smallest absolute Gasteiger partial charge is 0.134 e. The molecular formula is C14H19NO2. The highest BCUT2D eigenvalue weighted by molar-refractivity contribution is 5.77. The quantitative estimate of drug-likeness (QED) is 0.862. The summed E-state index contributed by atoms with van der Waals surface area (Å²) >= 11 is 0. The van der Waals surface area contributed by atoms with Crippen LogP contribution in [-0.2, 0) is 4.74 Å². The number of nitrogens with two attached hydrogens (primary N) is 1. The molecule has 1 aromatic heterocycles. The Bertz CT molecular complexity index is 445. The number of furan rings is 1. The molecule has 0 aliphatic rings. The molecule has 0 radical (unpaired) electrons. The molecule has 3 heteroatoms. The zero-order valence-corrected chi connectivity index (χ0v) is 10.3. The van der Waals surface area contributed by atoms with Crippen molar-refractivity contribution in [1.82, 2.24) is 0 Å². The van der Waals surface area contributed by atoms with Crippen LogP contribution < -0.4 is 5.73 Å². The van der Waals surface area contributed by atoms with Gasteiger partial charge in [0.25, 0.3) is 0 Å². The summed E-state index contributed by atoms with van der Waals surface area (Å²) in [6.07, 6.45) is 2.05. The van der Waals surface area contributed by atoms with Gasteiger partial charge < -0.3 is 14.9 Å². The Balaban J connectivity index is 2.06. The maximum atomic E-state index is 6.11. The fourth-order valence-electron chi connectivity index (χ4n) is 1.86. The van der Waals surface area contributed by atoms with E-state index in [1.165, 1.54) is 0 Å². The second-order valence-electron chi connectivity index (χ2n) is 4.42. The topological polar surface area (TPSA) is 48.4 Å². The van der Waals surface area contributed by atoms with Gasteiger partial charge in [0.15, 0.2) is 0 Å². The molecule has 2 N–H and O–H groups in total. The van der Waals surface area contributed by atoms with Gasteiger partial charge in [0, 0.05) is 12.5 Å². The largest absolute Gasteiger partial charge is 0.459 e. The van der Waals surface area contributed by atoms with Gasteiger partial charge in [-0.05, 0) is 31.9 Å². The lowest BCUT2D eigenvalue weighted by molar-refractivity contribution is 0.106. The second kappa shape index (κ2) is 5.34. The Morgan fingerprint density at radius 1 is 1.29 bits per heavy atom. The van der Waals surface area contributed by atoms with Crippen molar-refractivity contribution in [3.05, 3.63) is 36.1 Å². The lowest BCUT2D eigenvalue weighted by Gasteiger charge is -2.12. The molecule has 0 saturated carbocycles. The zero-order chi connectivity index (χ0) is 12.3. The molecule has 0 bridgehead atoms. The van der Waals surface area contributed by atoms with Gasteiger partial charge in [0.2, 0.25) is 0 Å². The minimum atomic E-state index is -0.0556. The van der Waals surface area contributed by atoms with E-state index in [2.05, 4.69) is 0 Å². The normalized spacial score (nSPS) is 15.0. The fourth-order valence-corrected chi connectivity index (χ4v) is 1.86. The Hall–Kier alpha value is -1.32. The van der Waals surface area contributed by atoms with Crippen molar-refractivity contribution in [2.75, 3.05) is 7.11 Å². The van der Waals surface area contributed by atoms with Crippen LogP contribution in [-0.4, -0.2) is 13.2 Å². The van der Waals surface area contributed by atoms with Crippen LogP contribution in [0.4, 0.5) is 0 Å². The molecule has 0 aliphatic carbocycles. The lowest BCUT2D eigenvalue weighted by atomic mass is 10.1. The van der Waals surface area contributed by atoms with Crippen molar-refractivity contribution in [1.29, 1.82) is 0 Å². The van der Waals surface area contributed by atoms with E-state index in [0.717, 1.165) is 29.6 Å². The Morgan fingerprint density at radius 2 is 2.06 bits per heavy atom. The van der Waals surface area contributed by atoms with Crippen LogP contribution in [0.25, 0.3) is 11.0 Å². The fraction of sp³-hybridized carbons (Fsp3) is 0.429. The molecule has 1 heterocycles. The molecule has 2 aromatic rings. The highest BCUT2D eigenvalue weighted by Gasteiger charge is 2.13. The van der Waals surface area contributed by atoms with Crippen LogP contribution in [0.3, 0.4) is 0 Å². The number of benzene rings is 1. The third-order valence-electron chi connectivity index (χ3n) is 3.10. The van der Waals surface area contributed by atoms with E-state index in [4.69, 9.17) is 14.9 Å². The number of fused-ring (bicyclic) bond motifs is 1. The minimum Gasteiger partial charge on any atom is -0.459 e. The van der Waals surface area contributed by atoms with E-state index in [1.54, 1.807) is 7.11 Å². The monoisotopic (exact) mass is 233 g/mol. The molecule has 1 aromatic carbocycles. The molecule has 0 saturated heterocycles. The molecule has 17 heavy (non-hydrogen) atoms. The van der Waals surface area contributed by atoms with Gasteiger partial charge >= 0.3 is 0 Å². The Labute approximate surface area is 102 Å². The van der Waals surface area contributed by atoms with Crippen molar-refractivity contribution in [2.24, 2.45) is 5.73 Å². The third-order valence-corrected chi connectivity index (χ3v) is 3.10. The minimum absolute atomic E-state index is 0.0556. The first-order valence-electron chi connectivity index (χ1n) is 5.97. The van der Waals surface area contributed by atoms with Gasteiger partial charge in [-0.25, -0.2) is 0 Å². The summed E-state index contributed by atoms with van der Waals surface area (Å²) in [6.45, 7) is 2.05. The zero-order valence-electron chi connectivity index (χ0n) is 10.3. The molecule has 0 aliphatic heterocycles. The number of ether oxygens (including phenoxy) is 1. The molecule has 0 amide bonds. The first-order valence-corrected chi connectivity index (χ1v) is 5.97. The summed E-state index contributed by atoms with van der Waals surface area (Å²) in [5.41, 5.74) is 7.01. The van der Waals surface area contributed by atoms with Crippen LogP contribution in [0.15, 0.2) is 34.7 Å². The van der Waals surface area contributed by atoms with Gasteiger partial charge in [-0.3, -0.25) is 0 Å². The van der Waals surface area contributed by atoms with Crippen LogP contribution >= 0.6 is 0 Å². The Kier molecular flexibility index (Phi) is 3.82. The van der Waals surface area contributed by atoms with E-state index < -0.39 is 0 Å². The average Bonchev–Trinajstić information content (AvgIpc) is 2.79. The van der Waals surface area contributed by atoms with Gasteiger partial charge in [-0.15, -0.1) is 0 Å². The van der Waals surface area contributed by atoms with Crippen molar-refractivity contribution in [3.8, 4) is 0 Å². The molecule has 2 unspecified atom stereocenters. The van der Waals surface area contributed by atoms with Crippen LogP contribution in [0.2, 0.25) is 0 Å². The molecule has 0 spiro atoms. The summed E-state index contributed by atoms with van der Waals surface area (Å²) in [5, 5.41) is 1.11. The standard InChI is InChI=1S/C14H19NO2/c1-10(16-2)7-8-12(15)14-9-11-5-3-4-6-13(11)17-14/h3-6,9-10,12H,7-8,15H2,1-2H3. The summed E-state index contributed by atoms with van der Waals surface area (Å²) in [5.74, 6) is 0.856. The molecule has 2 rings (SSSR count). The van der Waals surface area contributed by atoms with Crippen molar-refractivity contribution in [3.63, 3.8) is 0 Å². The predicted octanol–water partition coefficient (Wildman–Crippen LogP) is 3.25. The number of rotatable bonds is 5. The first kappa shape index (κ1) is 12.1. The summed E-state index contributed by atoms with van der Waals surface area (Å²) in [4.78, 5) is 0. The molecular weight excluding hydrogens is 214 g/mol. The molecule has 92 valence electrons. The highest BCUT2D eigenvalue weighted by atomic mass is 16.5. The van der Waals surface area contributed by atoms with Crippen LogP contribution in [0.5, 0.6) is 0 Å². The van der Waals surface area contributed by atoms with Gasteiger partial charge in [-0.1, -0.05) is 18.2 Å². The van der Waals surface area contributed by atoms with E-state index in [9.17, 15) is 0 Å². The second-order valence-corrected chi connectivity index (χ2v) is 4.42. The maximum absolute atomic E-state index is 6.11. The molecule has 2 atom stereocenters. The van der Waals surface area contributed by atoms with Crippen molar-refractivity contribution in [2.45, 2.75) is 31.9 Å². The molecule has 0 fully saturated rings. The van der Waals surface area contributed by atoms with E-state index in [-0.39, 0.29) is 12.1 Å². The van der Waals surface area contributed by atoms with E-state index in [0.29, 0.717) is 0 Å². The highest BCUT2D eigenvalue weighted by Crippen LogP contribution is 2.25. The summed E-state index contributed by atoms with van der Waals surface area (Å²) < 4.78 is 10.9. The summed E-state index contributed by atoms with van der Waals surface area (Å²) in [6, 6.07) is 9.93. The van der Waals surface area contributed by atoms with E-state index >= 15 is 0 Å². The summed E-state index contributed by atoms with van der Waals surface area (Å²) in [7, 11) is 1.72. The number of methoxy groups -OCH3 is 1. The van der Waals surface area contributed by atoms with Crippen LogP contribution in [0.1, 0.15) is 31.6 Å². The Morgan fingerprint density at radius 3 is 2.76 bits per heavy atom. The average molecular weight is 233 g/mol. The first-order chi connectivity index (χ1) is 8.20. The number of hydrogen-bond acceptors (Lipinski definition) is 3. The van der Waals surface area contributed by atoms with Gasteiger partial charge in [0.05, 0.1) is 12.1 Å². The molecule has 3 nitrogen and oxygen atoms in total. The number of para-hydroxylation sites is 1. The number of hydrogen-bond donors (Lipinski definition) is 1. The van der Waals surface area contributed by atoms with Crippen molar-refractivity contribution < 1.29 is 9.15 Å². The van der Waals surface area contributed by atoms with Crippen molar-refractivity contribution >= 4 is 11.0 Å². The van der Waals surface area contributed by atoms with Gasteiger partial charge in [0.1, 0.15) is 11.3 Å². The lowest BCUT2D eigenvalue weighted by Crippen LogP contribution is -2.13.